The molecule has 0 unspecified atom stereocenters. The van der Waals surface area contributed by atoms with Crippen LogP contribution >= 0.6 is 0 Å². The van der Waals surface area contributed by atoms with Crippen LogP contribution in [0.3, 0.4) is 0 Å². The van der Waals surface area contributed by atoms with E-state index >= 15 is 0 Å². The topological polar surface area (TPSA) is 35.1 Å². The van der Waals surface area contributed by atoms with Gasteiger partial charge in [-0.1, -0.05) is 36.4 Å². The summed E-state index contributed by atoms with van der Waals surface area (Å²) < 4.78 is 10.6. The standard InChI is InChI=1S/C17H21NO2/c1-19-16-9-8-14(12-17(16)20-2)10-11-18-13-15-6-4-3-5-7-15/h3-9,12,18H,10-11,13H2,1-2H3/p+1. The first-order valence-corrected chi connectivity index (χ1v) is 6.90. The van der Waals surface area contributed by atoms with Gasteiger partial charge in [0.1, 0.15) is 6.54 Å². The summed E-state index contributed by atoms with van der Waals surface area (Å²) in [6.07, 6.45) is 1.02. The van der Waals surface area contributed by atoms with E-state index in [0.29, 0.717) is 0 Å². The fraction of sp³-hybridized carbons (Fsp3) is 0.294. The maximum Gasteiger partial charge on any atom is 0.160 e. The monoisotopic (exact) mass is 272 g/mol. The molecule has 0 atom stereocenters. The Bertz CT molecular complexity index is 526. The minimum atomic E-state index is 0.782. The first-order chi connectivity index (χ1) is 9.83. The molecule has 0 bridgehead atoms. The summed E-state index contributed by atoms with van der Waals surface area (Å²) in [6, 6.07) is 16.6. The van der Waals surface area contributed by atoms with E-state index in [1.807, 2.05) is 12.1 Å². The molecule has 0 spiro atoms. The van der Waals surface area contributed by atoms with Crippen molar-refractivity contribution >= 4 is 0 Å². The van der Waals surface area contributed by atoms with Gasteiger partial charge in [-0.25, -0.2) is 0 Å². The summed E-state index contributed by atoms with van der Waals surface area (Å²) in [6.45, 7) is 2.08. The number of methoxy groups -OCH3 is 2. The third-order valence-electron chi connectivity index (χ3n) is 3.31. The molecule has 0 saturated carbocycles. The summed E-state index contributed by atoms with van der Waals surface area (Å²) in [4.78, 5) is 0. The van der Waals surface area contributed by atoms with E-state index in [-0.39, 0.29) is 0 Å². The zero-order chi connectivity index (χ0) is 14.2. The second kappa shape index (κ2) is 7.56. The zero-order valence-corrected chi connectivity index (χ0v) is 12.1. The lowest BCUT2D eigenvalue weighted by molar-refractivity contribution is -0.670. The van der Waals surface area contributed by atoms with Crippen LogP contribution in [-0.4, -0.2) is 20.8 Å². The molecule has 0 saturated heterocycles. The molecule has 0 aromatic heterocycles. The molecule has 0 aliphatic heterocycles. The van der Waals surface area contributed by atoms with Crippen LogP contribution in [0, 0.1) is 0 Å². The SMILES string of the molecule is COc1ccc(CC[NH2+]Cc2ccccc2)cc1OC. The van der Waals surface area contributed by atoms with Crippen molar-refractivity contribution in [3.63, 3.8) is 0 Å². The largest absolute Gasteiger partial charge is 0.493 e. The molecular formula is C17H22NO2+. The minimum Gasteiger partial charge on any atom is -0.493 e. The van der Waals surface area contributed by atoms with E-state index in [9.17, 15) is 0 Å². The van der Waals surface area contributed by atoms with Crippen LogP contribution in [-0.2, 0) is 13.0 Å². The lowest BCUT2D eigenvalue weighted by Crippen LogP contribution is -2.83. The highest BCUT2D eigenvalue weighted by Gasteiger charge is 2.05. The Morgan fingerprint density at radius 3 is 2.30 bits per heavy atom. The van der Waals surface area contributed by atoms with Gasteiger partial charge in [0, 0.05) is 12.0 Å². The minimum absolute atomic E-state index is 0.782. The Balaban J connectivity index is 1.82. The molecule has 3 nitrogen and oxygen atoms in total. The molecule has 0 amide bonds. The van der Waals surface area contributed by atoms with Gasteiger partial charge in [0.2, 0.25) is 0 Å². The number of quaternary nitrogens is 1. The second-order valence-electron chi connectivity index (χ2n) is 4.71. The number of rotatable bonds is 7. The molecule has 0 fully saturated rings. The summed E-state index contributed by atoms with van der Waals surface area (Å²) in [5.74, 6) is 1.58. The zero-order valence-electron chi connectivity index (χ0n) is 12.1. The van der Waals surface area contributed by atoms with Crippen LogP contribution in [0.5, 0.6) is 11.5 Å². The number of hydrogen-bond donors (Lipinski definition) is 1. The third kappa shape index (κ3) is 4.00. The van der Waals surface area contributed by atoms with Gasteiger partial charge in [-0.15, -0.1) is 0 Å². The van der Waals surface area contributed by atoms with Crippen molar-refractivity contribution < 1.29 is 14.8 Å². The quantitative estimate of drug-likeness (QED) is 0.783. The van der Waals surface area contributed by atoms with Crippen molar-refractivity contribution in [2.24, 2.45) is 0 Å². The van der Waals surface area contributed by atoms with Crippen molar-refractivity contribution in [3.8, 4) is 11.5 Å². The number of ether oxygens (including phenoxy) is 2. The molecule has 2 aromatic carbocycles. The van der Waals surface area contributed by atoms with Gasteiger partial charge in [-0.2, -0.15) is 0 Å². The maximum atomic E-state index is 5.32. The van der Waals surface area contributed by atoms with Crippen LogP contribution in [0.1, 0.15) is 11.1 Å². The molecule has 2 N–H and O–H groups in total. The van der Waals surface area contributed by atoms with E-state index < -0.39 is 0 Å². The normalized spacial score (nSPS) is 10.3. The second-order valence-corrected chi connectivity index (χ2v) is 4.71. The van der Waals surface area contributed by atoms with Crippen LogP contribution in [0.2, 0.25) is 0 Å². The maximum absolute atomic E-state index is 5.32. The molecule has 2 aromatic rings. The Morgan fingerprint density at radius 1 is 0.850 bits per heavy atom. The first kappa shape index (κ1) is 14.4. The summed E-state index contributed by atoms with van der Waals surface area (Å²) in [5.41, 5.74) is 2.63. The molecule has 0 aliphatic carbocycles. The van der Waals surface area contributed by atoms with Crippen molar-refractivity contribution in [2.75, 3.05) is 20.8 Å². The highest BCUT2D eigenvalue weighted by atomic mass is 16.5. The highest BCUT2D eigenvalue weighted by Crippen LogP contribution is 2.27. The molecule has 0 heterocycles. The van der Waals surface area contributed by atoms with Gasteiger partial charge in [0.05, 0.1) is 20.8 Å². The molecule has 20 heavy (non-hydrogen) atoms. The molecule has 106 valence electrons. The van der Waals surface area contributed by atoms with E-state index in [2.05, 4.69) is 41.7 Å². The average Bonchev–Trinajstić information content (AvgIpc) is 2.52. The Morgan fingerprint density at radius 2 is 1.60 bits per heavy atom. The fourth-order valence-corrected chi connectivity index (χ4v) is 2.19. The molecule has 2 rings (SSSR count). The van der Waals surface area contributed by atoms with Crippen LogP contribution < -0.4 is 14.8 Å². The van der Waals surface area contributed by atoms with E-state index in [0.717, 1.165) is 31.0 Å². The van der Waals surface area contributed by atoms with Crippen molar-refractivity contribution in [1.29, 1.82) is 0 Å². The molecular weight excluding hydrogens is 250 g/mol. The van der Waals surface area contributed by atoms with Crippen molar-refractivity contribution in [3.05, 3.63) is 59.7 Å². The van der Waals surface area contributed by atoms with Gasteiger partial charge >= 0.3 is 0 Å². The summed E-state index contributed by atoms with van der Waals surface area (Å²) in [7, 11) is 3.33. The Hall–Kier alpha value is -2.00. The van der Waals surface area contributed by atoms with Gasteiger partial charge in [-0.05, 0) is 17.7 Å². The van der Waals surface area contributed by atoms with Gasteiger partial charge in [0.15, 0.2) is 11.5 Å². The Labute approximate surface area is 120 Å². The fourth-order valence-electron chi connectivity index (χ4n) is 2.19. The molecule has 0 aliphatic rings. The third-order valence-corrected chi connectivity index (χ3v) is 3.31. The highest BCUT2D eigenvalue weighted by molar-refractivity contribution is 5.42. The molecule has 0 radical (unpaired) electrons. The van der Waals surface area contributed by atoms with Crippen LogP contribution in [0.4, 0.5) is 0 Å². The number of hydrogen-bond acceptors (Lipinski definition) is 2. The van der Waals surface area contributed by atoms with Gasteiger partial charge in [0.25, 0.3) is 0 Å². The lowest BCUT2D eigenvalue weighted by atomic mass is 10.1. The predicted octanol–water partition coefficient (Wildman–Crippen LogP) is 2.01. The number of nitrogens with two attached hydrogens (primary N) is 1. The molecule has 3 heteroatoms. The first-order valence-electron chi connectivity index (χ1n) is 6.90. The summed E-state index contributed by atoms with van der Waals surface area (Å²) in [5, 5.41) is 2.33. The van der Waals surface area contributed by atoms with Gasteiger partial charge < -0.3 is 14.8 Å². The van der Waals surface area contributed by atoms with Crippen LogP contribution in [0.25, 0.3) is 0 Å². The van der Waals surface area contributed by atoms with Crippen molar-refractivity contribution in [1.82, 2.24) is 0 Å². The smallest absolute Gasteiger partial charge is 0.160 e. The van der Waals surface area contributed by atoms with Gasteiger partial charge in [-0.3, -0.25) is 0 Å². The van der Waals surface area contributed by atoms with Crippen molar-refractivity contribution in [2.45, 2.75) is 13.0 Å². The Kier molecular flexibility index (Phi) is 5.44. The summed E-state index contributed by atoms with van der Waals surface area (Å²) >= 11 is 0. The number of benzene rings is 2. The predicted molar refractivity (Wildman–Crippen MR) is 80.2 cm³/mol. The van der Waals surface area contributed by atoms with Crippen LogP contribution in [0.15, 0.2) is 48.5 Å². The lowest BCUT2D eigenvalue weighted by Gasteiger charge is -2.09. The van der Waals surface area contributed by atoms with E-state index in [1.165, 1.54) is 11.1 Å². The average molecular weight is 272 g/mol. The van der Waals surface area contributed by atoms with E-state index in [1.54, 1.807) is 14.2 Å². The van der Waals surface area contributed by atoms with E-state index in [4.69, 9.17) is 9.47 Å².